The molecule has 1 heterocycles. The number of amides is 3. The van der Waals surface area contributed by atoms with Gasteiger partial charge in [0.25, 0.3) is 0 Å². The molecule has 1 aromatic rings. The van der Waals surface area contributed by atoms with Crippen LogP contribution in [0.2, 0.25) is 0 Å². The van der Waals surface area contributed by atoms with Gasteiger partial charge in [0.1, 0.15) is 18.6 Å². The van der Waals surface area contributed by atoms with Crippen molar-refractivity contribution in [3.8, 4) is 0 Å². The second-order valence-corrected chi connectivity index (χ2v) is 6.99. The van der Waals surface area contributed by atoms with Gasteiger partial charge in [0.05, 0.1) is 12.4 Å². The van der Waals surface area contributed by atoms with Crippen LogP contribution in [0.5, 0.6) is 0 Å². The van der Waals surface area contributed by atoms with Gasteiger partial charge in [0.2, 0.25) is 17.7 Å². The third-order valence-electron chi connectivity index (χ3n) is 4.31. The van der Waals surface area contributed by atoms with Gasteiger partial charge in [-0.05, 0) is 12.8 Å². The van der Waals surface area contributed by atoms with Crippen molar-refractivity contribution in [3.05, 3.63) is 18.2 Å². The molecule has 0 fully saturated rings. The van der Waals surface area contributed by atoms with Crippen LogP contribution in [0.25, 0.3) is 0 Å². The van der Waals surface area contributed by atoms with E-state index in [2.05, 4.69) is 25.9 Å². The van der Waals surface area contributed by atoms with Gasteiger partial charge in [0, 0.05) is 31.2 Å². The van der Waals surface area contributed by atoms with Crippen LogP contribution in [0.3, 0.4) is 0 Å². The molecule has 15 nitrogen and oxygen atoms in total. The standard InChI is InChI=1S/C18H26N6O9/c19-10(1-3-13(25)26)16(31)24-12(5-9-6-20-8-22-9)18(33)23-11(2-4-14(27)28)17(32)21-7-15(29)30/h6,8,10-12H,1-5,7,19H2,(H,20,22)(H,21,32)(H,23,33)(H,24,31)(H,25,26)(H,27,28)(H,29,30). The van der Waals surface area contributed by atoms with Gasteiger partial charge in [-0.2, -0.15) is 0 Å². The van der Waals surface area contributed by atoms with E-state index < -0.39 is 66.7 Å². The molecule has 9 N–H and O–H groups in total. The molecule has 3 amide bonds. The zero-order valence-electron chi connectivity index (χ0n) is 17.4. The zero-order valence-corrected chi connectivity index (χ0v) is 17.4. The number of hydrogen-bond acceptors (Lipinski definition) is 8. The number of aromatic nitrogens is 2. The molecule has 0 aliphatic carbocycles. The molecular formula is C18H26N6O9. The predicted molar refractivity (Wildman–Crippen MR) is 109 cm³/mol. The van der Waals surface area contributed by atoms with Crippen LogP contribution >= 0.6 is 0 Å². The van der Waals surface area contributed by atoms with Crippen molar-refractivity contribution in [2.45, 2.75) is 50.2 Å². The van der Waals surface area contributed by atoms with Gasteiger partial charge in [-0.1, -0.05) is 0 Å². The van der Waals surface area contributed by atoms with Crippen LogP contribution in [0.15, 0.2) is 12.5 Å². The van der Waals surface area contributed by atoms with E-state index in [0.29, 0.717) is 5.69 Å². The van der Waals surface area contributed by atoms with Crippen LogP contribution in [0, 0.1) is 0 Å². The number of aromatic amines is 1. The summed E-state index contributed by atoms with van der Waals surface area (Å²) in [6.45, 7) is -0.745. The summed E-state index contributed by atoms with van der Waals surface area (Å²) in [6, 6.07) is -3.90. The Morgan fingerprint density at radius 1 is 0.879 bits per heavy atom. The Labute approximate surface area is 187 Å². The highest BCUT2D eigenvalue weighted by atomic mass is 16.4. The minimum atomic E-state index is -1.39. The number of carboxylic acid groups (broad SMARTS) is 3. The summed E-state index contributed by atoms with van der Waals surface area (Å²) in [5.41, 5.74) is 6.11. The molecule has 0 spiro atoms. The normalized spacial score (nSPS) is 13.2. The fraction of sp³-hybridized carbons (Fsp3) is 0.500. The lowest BCUT2D eigenvalue weighted by atomic mass is 10.1. The topological polar surface area (TPSA) is 254 Å². The largest absolute Gasteiger partial charge is 0.481 e. The first-order chi connectivity index (χ1) is 15.5. The Balaban J connectivity index is 2.95. The highest BCUT2D eigenvalue weighted by molar-refractivity contribution is 5.94. The lowest BCUT2D eigenvalue weighted by Crippen LogP contribution is -2.56. The van der Waals surface area contributed by atoms with Gasteiger partial charge < -0.3 is 42.0 Å². The van der Waals surface area contributed by atoms with Crippen LogP contribution in [-0.2, 0) is 35.2 Å². The number of carboxylic acids is 3. The third-order valence-corrected chi connectivity index (χ3v) is 4.31. The Morgan fingerprint density at radius 2 is 1.48 bits per heavy atom. The maximum atomic E-state index is 12.9. The van der Waals surface area contributed by atoms with E-state index in [9.17, 15) is 28.8 Å². The van der Waals surface area contributed by atoms with Gasteiger partial charge in [-0.15, -0.1) is 0 Å². The third kappa shape index (κ3) is 10.7. The molecule has 3 atom stereocenters. The van der Waals surface area contributed by atoms with E-state index in [4.69, 9.17) is 21.1 Å². The van der Waals surface area contributed by atoms with Crippen LogP contribution < -0.4 is 21.7 Å². The summed E-state index contributed by atoms with van der Waals surface area (Å²) in [5.74, 6) is -6.34. The first-order valence-electron chi connectivity index (χ1n) is 9.76. The summed E-state index contributed by atoms with van der Waals surface area (Å²) < 4.78 is 0. The van der Waals surface area contributed by atoms with E-state index in [1.54, 1.807) is 0 Å². The van der Waals surface area contributed by atoms with Crippen molar-refractivity contribution >= 4 is 35.6 Å². The zero-order chi connectivity index (χ0) is 25.0. The molecule has 0 saturated carbocycles. The summed E-state index contributed by atoms with van der Waals surface area (Å²) in [6.07, 6.45) is 1.23. The maximum absolute atomic E-state index is 12.9. The molecule has 33 heavy (non-hydrogen) atoms. The average molecular weight is 470 g/mol. The lowest BCUT2D eigenvalue weighted by molar-refractivity contribution is -0.140. The molecule has 0 radical (unpaired) electrons. The molecule has 0 bridgehead atoms. The average Bonchev–Trinajstić information content (AvgIpc) is 3.25. The Kier molecular flexibility index (Phi) is 11.0. The van der Waals surface area contributed by atoms with Crippen molar-refractivity contribution < 1.29 is 44.1 Å². The number of hydrogen-bond donors (Lipinski definition) is 8. The fourth-order valence-corrected chi connectivity index (χ4v) is 2.61. The van der Waals surface area contributed by atoms with Crippen LogP contribution in [0.4, 0.5) is 0 Å². The van der Waals surface area contributed by atoms with Gasteiger partial charge >= 0.3 is 17.9 Å². The van der Waals surface area contributed by atoms with E-state index in [1.165, 1.54) is 12.5 Å². The first-order valence-corrected chi connectivity index (χ1v) is 9.76. The Hall–Kier alpha value is -4.01. The highest BCUT2D eigenvalue weighted by Gasteiger charge is 2.29. The molecule has 1 rings (SSSR count). The molecule has 0 aliphatic heterocycles. The number of carbonyl (C=O) groups excluding carboxylic acids is 3. The van der Waals surface area contributed by atoms with Gasteiger partial charge in [-0.3, -0.25) is 28.8 Å². The van der Waals surface area contributed by atoms with Crippen molar-refractivity contribution in [2.24, 2.45) is 5.73 Å². The number of aliphatic carboxylic acids is 3. The monoisotopic (exact) mass is 470 g/mol. The Morgan fingerprint density at radius 3 is 2.03 bits per heavy atom. The smallest absolute Gasteiger partial charge is 0.322 e. The summed E-state index contributed by atoms with van der Waals surface area (Å²) >= 11 is 0. The SMILES string of the molecule is NC(CCC(=O)O)C(=O)NC(Cc1cnc[nH]1)C(=O)NC(CCC(=O)O)C(=O)NCC(=O)O. The number of nitrogens with one attached hydrogen (secondary N) is 4. The molecule has 182 valence electrons. The van der Waals surface area contributed by atoms with Crippen molar-refractivity contribution in [1.29, 1.82) is 0 Å². The number of nitrogens with zero attached hydrogens (tertiary/aromatic N) is 1. The molecule has 0 saturated heterocycles. The van der Waals surface area contributed by atoms with Crippen molar-refractivity contribution in [2.75, 3.05) is 6.54 Å². The van der Waals surface area contributed by atoms with E-state index in [1.807, 2.05) is 0 Å². The Bertz CT molecular complexity index is 858. The van der Waals surface area contributed by atoms with Crippen LogP contribution in [-0.4, -0.2) is 85.6 Å². The highest BCUT2D eigenvalue weighted by Crippen LogP contribution is 2.04. The molecule has 1 aromatic heterocycles. The van der Waals surface area contributed by atoms with Gasteiger partial charge in [0.15, 0.2) is 0 Å². The number of H-pyrrole nitrogens is 1. The first kappa shape index (κ1) is 27.0. The minimum Gasteiger partial charge on any atom is -0.481 e. The second kappa shape index (κ2) is 13.4. The van der Waals surface area contributed by atoms with E-state index in [0.717, 1.165) is 0 Å². The number of rotatable bonds is 15. The molecular weight excluding hydrogens is 444 g/mol. The van der Waals surface area contributed by atoms with Crippen LogP contribution in [0.1, 0.15) is 31.4 Å². The number of imidazole rings is 1. The summed E-state index contributed by atoms with van der Waals surface area (Å²) in [7, 11) is 0. The predicted octanol–water partition coefficient (Wildman–Crippen LogP) is -2.82. The molecule has 0 aliphatic rings. The fourth-order valence-electron chi connectivity index (χ4n) is 2.61. The summed E-state index contributed by atoms with van der Waals surface area (Å²) in [4.78, 5) is 76.3. The number of nitrogens with two attached hydrogens (primary N) is 1. The molecule has 15 heteroatoms. The van der Waals surface area contributed by atoms with E-state index in [-0.39, 0.29) is 25.7 Å². The van der Waals surface area contributed by atoms with Crippen molar-refractivity contribution in [3.63, 3.8) is 0 Å². The second-order valence-electron chi connectivity index (χ2n) is 6.99. The maximum Gasteiger partial charge on any atom is 0.322 e. The number of carbonyl (C=O) groups is 6. The minimum absolute atomic E-state index is 0.106. The quantitative estimate of drug-likeness (QED) is 0.130. The van der Waals surface area contributed by atoms with E-state index >= 15 is 0 Å². The lowest BCUT2D eigenvalue weighted by Gasteiger charge is -2.23. The van der Waals surface area contributed by atoms with Crippen molar-refractivity contribution in [1.82, 2.24) is 25.9 Å². The molecule has 0 aromatic carbocycles. The summed E-state index contributed by atoms with van der Waals surface area (Å²) in [5, 5.41) is 33.1. The van der Waals surface area contributed by atoms with Gasteiger partial charge in [-0.25, -0.2) is 4.98 Å². The molecule has 3 unspecified atom stereocenters.